The Morgan fingerprint density at radius 3 is 2.59 bits per heavy atom. The smallest absolute Gasteiger partial charge is 0.262 e. The molecule has 1 heterocycles. The molecule has 114 valence electrons. The number of amides is 1. The topological polar surface area (TPSA) is 84.5 Å². The van der Waals surface area contributed by atoms with Gasteiger partial charge in [-0.15, -0.1) is 0 Å². The zero-order chi connectivity index (χ0) is 15.7. The van der Waals surface area contributed by atoms with Gasteiger partial charge in [0.1, 0.15) is 5.75 Å². The van der Waals surface area contributed by atoms with Crippen molar-refractivity contribution in [3.05, 3.63) is 46.9 Å². The molecule has 6 nitrogen and oxygen atoms in total. The van der Waals surface area contributed by atoms with Gasteiger partial charge in [0, 0.05) is 10.2 Å². The number of hydrogen-bond donors (Lipinski definition) is 2. The van der Waals surface area contributed by atoms with E-state index in [1.165, 1.54) is 18.2 Å². The van der Waals surface area contributed by atoms with Gasteiger partial charge >= 0.3 is 0 Å². The molecule has 0 fully saturated rings. The molecule has 2 aromatic carbocycles. The third kappa shape index (κ3) is 3.07. The number of hydrogen-bond acceptors (Lipinski definition) is 4. The molecule has 3 rings (SSSR count). The van der Waals surface area contributed by atoms with Crippen LogP contribution in [0.1, 0.15) is 0 Å². The summed E-state index contributed by atoms with van der Waals surface area (Å²) in [5, 5.41) is 2.58. The first-order valence-electron chi connectivity index (χ1n) is 6.29. The Labute approximate surface area is 135 Å². The maximum absolute atomic E-state index is 12.4. The molecule has 1 aliphatic heterocycles. The molecular weight excluding hydrogens is 372 g/mol. The predicted molar refractivity (Wildman–Crippen MR) is 85.5 cm³/mol. The van der Waals surface area contributed by atoms with Crippen LogP contribution in [-0.2, 0) is 14.8 Å². The molecular formula is C14H11BrN2O4S. The molecule has 0 unspecified atom stereocenters. The van der Waals surface area contributed by atoms with Crippen LogP contribution in [0.25, 0.3) is 0 Å². The van der Waals surface area contributed by atoms with Gasteiger partial charge in [-0.3, -0.25) is 9.52 Å². The number of benzene rings is 2. The highest BCUT2D eigenvalue weighted by atomic mass is 79.9. The number of carbonyl (C=O) groups excluding carboxylic acids is 1. The van der Waals surface area contributed by atoms with Crippen molar-refractivity contribution in [2.24, 2.45) is 0 Å². The summed E-state index contributed by atoms with van der Waals surface area (Å²) >= 11 is 3.29. The lowest BCUT2D eigenvalue weighted by atomic mass is 10.2. The second-order valence-electron chi connectivity index (χ2n) is 4.61. The molecule has 1 amide bonds. The highest BCUT2D eigenvalue weighted by molar-refractivity contribution is 9.10. The van der Waals surface area contributed by atoms with Crippen molar-refractivity contribution in [2.75, 3.05) is 16.6 Å². The number of anilines is 2. The molecule has 0 atom stereocenters. The number of carbonyl (C=O) groups is 1. The Kier molecular flexibility index (Phi) is 3.79. The van der Waals surface area contributed by atoms with E-state index in [4.69, 9.17) is 4.74 Å². The van der Waals surface area contributed by atoms with E-state index in [0.29, 0.717) is 17.1 Å². The van der Waals surface area contributed by atoms with Crippen molar-refractivity contribution in [1.82, 2.24) is 0 Å². The van der Waals surface area contributed by atoms with Gasteiger partial charge in [0.05, 0.1) is 10.6 Å². The van der Waals surface area contributed by atoms with Crippen LogP contribution in [0.5, 0.6) is 5.75 Å². The summed E-state index contributed by atoms with van der Waals surface area (Å²) in [6.07, 6.45) is 0. The van der Waals surface area contributed by atoms with E-state index in [1.54, 1.807) is 24.3 Å². The van der Waals surface area contributed by atoms with Crippen molar-refractivity contribution in [2.45, 2.75) is 4.90 Å². The van der Waals surface area contributed by atoms with Crippen molar-refractivity contribution < 1.29 is 17.9 Å². The maximum atomic E-state index is 12.4. The average molecular weight is 383 g/mol. The molecule has 22 heavy (non-hydrogen) atoms. The van der Waals surface area contributed by atoms with Gasteiger partial charge in [-0.05, 0) is 42.5 Å². The summed E-state index contributed by atoms with van der Waals surface area (Å²) in [5.41, 5.74) is 0.788. The lowest BCUT2D eigenvalue weighted by Gasteiger charge is -2.18. The van der Waals surface area contributed by atoms with Crippen LogP contribution in [0.4, 0.5) is 11.4 Å². The standard InChI is InChI=1S/C14H11BrN2O4S/c15-9-1-3-10(4-2-9)17-22(19,20)11-5-6-13-12(7-11)16-14(18)8-21-13/h1-7,17H,8H2,(H,16,18). The van der Waals surface area contributed by atoms with Gasteiger partial charge in [0.25, 0.3) is 15.9 Å². The maximum Gasteiger partial charge on any atom is 0.262 e. The van der Waals surface area contributed by atoms with Crippen LogP contribution in [0.3, 0.4) is 0 Å². The fraction of sp³-hybridized carbons (Fsp3) is 0.0714. The first kappa shape index (κ1) is 14.9. The Balaban J connectivity index is 1.90. The Bertz CT molecular complexity index is 834. The molecule has 1 aliphatic rings. The van der Waals surface area contributed by atoms with Crippen LogP contribution in [0, 0.1) is 0 Å². The zero-order valence-corrected chi connectivity index (χ0v) is 13.6. The summed E-state index contributed by atoms with van der Waals surface area (Å²) in [6.45, 7) is -0.0732. The Morgan fingerprint density at radius 2 is 1.86 bits per heavy atom. The number of sulfonamides is 1. The second-order valence-corrected chi connectivity index (χ2v) is 7.21. The molecule has 0 aliphatic carbocycles. The van der Waals surface area contributed by atoms with E-state index in [1.807, 2.05) is 0 Å². The molecule has 0 spiro atoms. The fourth-order valence-corrected chi connectivity index (χ4v) is 3.31. The van der Waals surface area contributed by atoms with Crippen molar-refractivity contribution in [3.8, 4) is 5.75 Å². The van der Waals surface area contributed by atoms with Gasteiger partial charge in [0.2, 0.25) is 0 Å². The summed E-state index contributed by atoms with van der Waals surface area (Å²) < 4.78 is 33.3. The molecule has 2 aromatic rings. The number of rotatable bonds is 3. The van der Waals surface area contributed by atoms with Gasteiger partial charge < -0.3 is 10.1 Å². The number of nitrogens with one attached hydrogen (secondary N) is 2. The van der Waals surface area contributed by atoms with Crippen LogP contribution >= 0.6 is 15.9 Å². The fourth-order valence-electron chi connectivity index (χ4n) is 1.96. The first-order chi connectivity index (χ1) is 10.4. The van der Waals surface area contributed by atoms with Gasteiger partial charge in [-0.25, -0.2) is 8.42 Å². The lowest BCUT2D eigenvalue weighted by molar-refractivity contribution is -0.118. The van der Waals surface area contributed by atoms with E-state index < -0.39 is 10.0 Å². The minimum Gasteiger partial charge on any atom is -0.482 e. The Hall–Kier alpha value is -2.06. The zero-order valence-electron chi connectivity index (χ0n) is 11.2. The highest BCUT2D eigenvalue weighted by Crippen LogP contribution is 2.30. The molecule has 2 N–H and O–H groups in total. The number of halogens is 1. The van der Waals surface area contributed by atoms with Crippen LogP contribution < -0.4 is 14.8 Å². The van der Waals surface area contributed by atoms with Gasteiger partial charge in [0.15, 0.2) is 6.61 Å². The minimum absolute atomic E-state index is 0.0416. The van der Waals surface area contributed by atoms with E-state index in [-0.39, 0.29) is 17.4 Å². The van der Waals surface area contributed by atoms with Crippen molar-refractivity contribution in [3.63, 3.8) is 0 Å². The largest absolute Gasteiger partial charge is 0.482 e. The molecule has 0 radical (unpaired) electrons. The molecule has 0 aromatic heterocycles. The first-order valence-corrected chi connectivity index (χ1v) is 8.57. The van der Waals surface area contributed by atoms with E-state index in [2.05, 4.69) is 26.0 Å². The second kappa shape index (κ2) is 5.62. The lowest BCUT2D eigenvalue weighted by Crippen LogP contribution is -2.25. The van der Waals surface area contributed by atoms with E-state index in [0.717, 1.165) is 4.47 Å². The van der Waals surface area contributed by atoms with Crippen LogP contribution in [-0.4, -0.2) is 20.9 Å². The molecule has 8 heteroatoms. The van der Waals surface area contributed by atoms with Crippen LogP contribution in [0.2, 0.25) is 0 Å². The predicted octanol–water partition coefficient (Wildman–Crippen LogP) is 2.58. The summed E-state index contributed by atoms with van der Waals surface area (Å²) in [6, 6.07) is 11.1. The van der Waals surface area contributed by atoms with E-state index in [9.17, 15) is 13.2 Å². The number of fused-ring (bicyclic) bond motifs is 1. The minimum atomic E-state index is -3.75. The summed E-state index contributed by atoms with van der Waals surface area (Å²) in [4.78, 5) is 11.3. The summed E-state index contributed by atoms with van der Waals surface area (Å²) in [7, 11) is -3.75. The summed E-state index contributed by atoms with van der Waals surface area (Å²) in [5.74, 6) is 0.130. The van der Waals surface area contributed by atoms with Crippen molar-refractivity contribution in [1.29, 1.82) is 0 Å². The normalized spacial score (nSPS) is 13.8. The van der Waals surface area contributed by atoms with Crippen molar-refractivity contribution >= 4 is 43.2 Å². The average Bonchev–Trinajstić information content (AvgIpc) is 2.48. The SMILES string of the molecule is O=C1COc2ccc(S(=O)(=O)Nc3ccc(Br)cc3)cc2N1. The third-order valence-corrected chi connectivity index (χ3v) is 4.90. The number of ether oxygens (including phenoxy) is 1. The van der Waals surface area contributed by atoms with Gasteiger partial charge in [-0.2, -0.15) is 0 Å². The van der Waals surface area contributed by atoms with Gasteiger partial charge in [-0.1, -0.05) is 15.9 Å². The molecule has 0 bridgehead atoms. The molecule has 0 saturated heterocycles. The Morgan fingerprint density at radius 1 is 1.14 bits per heavy atom. The quantitative estimate of drug-likeness (QED) is 0.854. The third-order valence-electron chi connectivity index (χ3n) is 2.99. The highest BCUT2D eigenvalue weighted by Gasteiger charge is 2.20. The van der Waals surface area contributed by atoms with Crippen LogP contribution in [0.15, 0.2) is 51.8 Å². The van der Waals surface area contributed by atoms with E-state index >= 15 is 0 Å². The molecule has 0 saturated carbocycles. The monoisotopic (exact) mass is 382 g/mol.